The number of halogens is 3. The van der Waals surface area contributed by atoms with Gasteiger partial charge in [0, 0.05) is 23.1 Å². The minimum atomic E-state index is -4.70. The van der Waals surface area contributed by atoms with Crippen LogP contribution in [0.5, 0.6) is 0 Å². The molecule has 1 heterocycles. The second kappa shape index (κ2) is 6.75. The Kier molecular flexibility index (Phi) is 4.48. The van der Waals surface area contributed by atoms with Gasteiger partial charge >= 0.3 is 6.18 Å². The van der Waals surface area contributed by atoms with Gasteiger partial charge in [0.1, 0.15) is 0 Å². The molecule has 3 rings (SSSR count). The summed E-state index contributed by atoms with van der Waals surface area (Å²) in [6.45, 7) is 0. The van der Waals surface area contributed by atoms with E-state index in [0.29, 0.717) is 10.9 Å². The van der Waals surface area contributed by atoms with Crippen molar-refractivity contribution in [1.29, 1.82) is 0 Å². The maximum Gasteiger partial charge on any atom is 0.451 e. The number of fused-ring (bicyclic) bond motifs is 1. The molecular formula is C16H10F3N5O2. The van der Waals surface area contributed by atoms with Crippen molar-refractivity contribution in [3.63, 3.8) is 0 Å². The van der Waals surface area contributed by atoms with Gasteiger partial charge in [-0.25, -0.2) is 9.97 Å². The number of nitro groups is 1. The van der Waals surface area contributed by atoms with Gasteiger partial charge in [0.25, 0.3) is 5.69 Å². The number of anilines is 1. The zero-order chi connectivity index (χ0) is 18.7. The first-order chi connectivity index (χ1) is 12.3. The molecule has 0 saturated heterocycles. The number of hydrogen-bond acceptors (Lipinski definition) is 6. The van der Waals surface area contributed by atoms with Crippen LogP contribution in [0.4, 0.5) is 24.7 Å². The van der Waals surface area contributed by atoms with Crippen LogP contribution in [0.2, 0.25) is 0 Å². The molecule has 0 bridgehead atoms. The van der Waals surface area contributed by atoms with E-state index in [-0.39, 0.29) is 17.0 Å². The lowest BCUT2D eigenvalue weighted by Crippen LogP contribution is -2.12. The molecule has 0 radical (unpaired) electrons. The predicted octanol–water partition coefficient (Wildman–Crippen LogP) is 4.00. The summed E-state index contributed by atoms with van der Waals surface area (Å²) in [5, 5.41) is 14.9. The summed E-state index contributed by atoms with van der Waals surface area (Å²) in [6.07, 6.45) is -3.46. The number of para-hydroxylation sites is 1. The van der Waals surface area contributed by atoms with Gasteiger partial charge < -0.3 is 0 Å². The van der Waals surface area contributed by atoms with Crippen LogP contribution in [-0.2, 0) is 6.18 Å². The number of non-ortho nitro benzene ring substituents is 1. The van der Waals surface area contributed by atoms with Gasteiger partial charge in [0.15, 0.2) is 5.82 Å². The van der Waals surface area contributed by atoms with Crippen molar-refractivity contribution < 1.29 is 18.1 Å². The van der Waals surface area contributed by atoms with Crippen molar-refractivity contribution in [2.45, 2.75) is 6.18 Å². The van der Waals surface area contributed by atoms with Gasteiger partial charge in [-0.2, -0.15) is 18.3 Å². The van der Waals surface area contributed by atoms with Crippen LogP contribution >= 0.6 is 0 Å². The fourth-order valence-electron chi connectivity index (χ4n) is 2.18. The molecule has 0 aliphatic heterocycles. The van der Waals surface area contributed by atoms with E-state index in [1.54, 1.807) is 24.3 Å². The summed E-state index contributed by atoms with van der Waals surface area (Å²) in [7, 11) is 0. The van der Waals surface area contributed by atoms with E-state index in [1.165, 1.54) is 30.5 Å². The molecule has 0 spiro atoms. The number of rotatable bonds is 4. The number of benzene rings is 2. The zero-order valence-electron chi connectivity index (χ0n) is 12.9. The van der Waals surface area contributed by atoms with Crippen molar-refractivity contribution in [1.82, 2.24) is 9.97 Å². The fraction of sp³-hybridized carbons (Fsp3) is 0.0625. The number of nitrogens with one attached hydrogen (secondary N) is 1. The zero-order valence-corrected chi connectivity index (χ0v) is 12.9. The Morgan fingerprint density at radius 2 is 1.88 bits per heavy atom. The Bertz CT molecular complexity index is 1000. The van der Waals surface area contributed by atoms with Crippen LogP contribution in [0.25, 0.3) is 10.9 Å². The van der Waals surface area contributed by atoms with Gasteiger partial charge in [-0.3, -0.25) is 15.5 Å². The third-order valence-electron chi connectivity index (χ3n) is 3.32. The van der Waals surface area contributed by atoms with E-state index >= 15 is 0 Å². The van der Waals surface area contributed by atoms with Crippen molar-refractivity contribution in [2.24, 2.45) is 5.10 Å². The minimum absolute atomic E-state index is 0.114. The molecule has 0 fully saturated rings. The van der Waals surface area contributed by atoms with Crippen molar-refractivity contribution in [2.75, 3.05) is 5.43 Å². The Balaban J connectivity index is 1.93. The highest BCUT2D eigenvalue weighted by atomic mass is 19.4. The summed E-state index contributed by atoms with van der Waals surface area (Å²) in [4.78, 5) is 17.2. The Hall–Kier alpha value is -3.56. The highest BCUT2D eigenvalue weighted by Gasteiger charge is 2.35. The highest BCUT2D eigenvalue weighted by molar-refractivity contribution is 5.89. The van der Waals surface area contributed by atoms with Crippen LogP contribution in [0.1, 0.15) is 11.4 Å². The summed E-state index contributed by atoms with van der Waals surface area (Å²) in [5.41, 5.74) is 2.84. The summed E-state index contributed by atoms with van der Waals surface area (Å²) >= 11 is 0. The number of hydrogen-bond donors (Lipinski definition) is 1. The molecule has 2 aromatic carbocycles. The van der Waals surface area contributed by atoms with E-state index in [9.17, 15) is 23.3 Å². The van der Waals surface area contributed by atoms with Crippen LogP contribution in [0.15, 0.2) is 53.6 Å². The average molecular weight is 361 g/mol. The van der Waals surface area contributed by atoms with Crippen LogP contribution in [0.3, 0.4) is 0 Å². The molecule has 1 aromatic heterocycles. The SMILES string of the molecule is O=[N+]([O-])c1cccc(C=NNc2nc(C(F)(F)F)nc3ccccc23)c1. The maximum atomic E-state index is 12.9. The number of nitro benzene ring substituents is 1. The number of nitrogens with zero attached hydrogens (tertiary/aromatic N) is 4. The summed E-state index contributed by atoms with van der Waals surface area (Å²) in [5.74, 6) is -1.41. The maximum absolute atomic E-state index is 12.9. The molecule has 26 heavy (non-hydrogen) atoms. The average Bonchev–Trinajstić information content (AvgIpc) is 2.61. The minimum Gasteiger partial charge on any atom is -0.261 e. The molecule has 10 heteroatoms. The number of hydrazone groups is 1. The second-order valence-electron chi connectivity index (χ2n) is 5.13. The monoisotopic (exact) mass is 361 g/mol. The Labute approximate surface area is 144 Å². The van der Waals surface area contributed by atoms with Crippen LogP contribution < -0.4 is 5.43 Å². The summed E-state index contributed by atoms with van der Waals surface area (Å²) < 4.78 is 38.8. The lowest BCUT2D eigenvalue weighted by Gasteiger charge is -2.09. The van der Waals surface area contributed by atoms with Gasteiger partial charge in [-0.05, 0) is 12.1 Å². The van der Waals surface area contributed by atoms with E-state index < -0.39 is 16.9 Å². The van der Waals surface area contributed by atoms with E-state index in [1.807, 2.05) is 0 Å². The smallest absolute Gasteiger partial charge is 0.261 e. The molecule has 0 unspecified atom stereocenters. The standard InChI is InChI=1S/C16H10F3N5O2/c17-16(18,19)15-21-13-7-2-1-6-12(13)14(22-15)23-20-9-10-4-3-5-11(8-10)24(25)26/h1-9H,(H,21,22,23). The van der Waals surface area contributed by atoms with E-state index in [2.05, 4.69) is 20.5 Å². The molecule has 0 atom stereocenters. The van der Waals surface area contributed by atoms with E-state index in [0.717, 1.165) is 0 Å². The Morgan fingerprint density at radius 3 is 2.62 bits per heavy atom. The molecule has 0 aliphatic rings. The van der Waals surface area contributed by atoms with Crippen LogP contribution in [0, 0.1) is 10.1 Å². The third kappa shape index (κ3) is 3.74. The quantitative estimate of drug-likeness (QED) is 0.431. The van der Waals surface area contributed by atoms with E-state index in [4.69, 9.17) is 0 Å². The summed E-state index contributed by atoms with van der Waals surface area (Å²) in [6, 6.07) is 11.8. The van der Waals surface area contributed by atoms with Gasteiger partial charge in [0.2, 0.25) is 5.82 Å². The first-order valence-electron chi connectivity index (χ1n) is 7.22. The molecule has 1 N–H and O–H groups in total. The molecule has 0 aliphatic carbocycles. The highest BCUT2D eigenvalue weighted by Crippen LogP contribution is 2.30. The largest absolute Gasteiger partial charge is 0.451 e. The fourth-order valence-corrected chi connectivity index (χ4v) is 2.18. The van der Waals surface area contributed by atoms with Crippen molar-refractivity contribution in [3.8, 4) is 0 Å². The predicted molar refractivity (Wildman–Crippen MR) is 88.9 cm³/mol. The molecule has 3 aromatic rings. The number of aromatic nitrogens is 2. The molecular weight excluding hydrogens is 351 g/mol. The topological polar surface area (TPSA) is 93.3 Å². The molecule has 7 nitrogen and oxygen atoms in total. The molecule has 0 amide bonds. The van der Waals surface area contributed by atoms with Gasteiger partial charge in [-0.15, -0.1) is 0 Å². The van der Waals surface area contributed by atoms with Gasteiger partial charge in [-0.1, -0.05) is 24.3 Å². The lowest BCUT2D eigenvalue weighted by atomic mass is 10.2. The first kappa shape index (κ1) is 17.3. The Morgan fingerprint density at radius 1 is 1.12 bits per heavy atom. The second-order valence-corrected chi connectivity index (χ2v) is 5.13. The van der Waals surface area contributed by atoms with Crippen molar-refractivity contribution in [3.05, 3.63) is 70.0 Å². The third-order valence-corrected chi connectivity index (χ3v) is 3.32. The van der Waals surface area contributed by atoms with Gasteiger partial charge in [0.05, 0.1) is 16.7 Å². The lowest BCUT2D eigenvalue weighted by molar-refractivity contribution is -0.384. The normalized spacial score (nSPS) is 11.8. The number of alkyl halides is 3. The first-order valence-corrected chi connectivity index (χ1v) is 7.22. The van der Waals surface area contributed by atoms with Crippen LogP contribution in [-0.4, -0.2) is 21.1 Å². The molecule has 0 saturated carbocycles. The van der Waals surface area contributed by atoms with Crippen molar-refractivity contribution >= 4 is 28.6 Å². The molecule has 132 valence electrons.